The van der Waals surface area contributed by atoms with Gasteiger partial charge in [0.05, 0.1) is 28.5 Å². The van der Waals surface area contributed by atoms with E-state index in [0.29, 0.717) is 22.2 Å². The third-order valence-electron chi connectivity index (χ3n) is 4.50. The van der Waals surface area contributed by atoms with E-state index in [0.717, 1.165) is 0 Å². The molecule has 0 fully saturated rings. The van der Waals surface area contributed by atoms with Crippen LogP contribution in [0.1, 0.15) is 10.4 Å². The maximum absolute atomic E-state index is 13.0. The number of nitro groups is 1. The third-order valence-corrected chi connectivity index (χ3v) is 4.50. The van der Waals surface area contributed by atoms with E-state index in [1.807, 2.05) is 0 Å². The summed E-state index contributed by atoms with van der Waals surface area (Å²) in [5.74, 6) is -0.149. The average Bonchev–Trinajstić information content (AvgIpc) is 2.92. The zero-order valence-electron chi connectivity index (χ0n) is 15.1. The van der Waals surface area contributed by atoms with Crippen molar-refractivity contribution in [2.45, 2.75) is 0 Å². The van der Waals surface area contributed by atoms with Crippen LogP contribution < -0.4 is 10.5 Å². The number of nitrogens with zero attached hydrogens (tertiary/aromatic N) is 4. The van der Waals surface area contributed by atoms with Crippen LogP contribution in [0.5, 0.6) is 0 Å². The molecule has 136 valence electrons. The number of esters is 1. The lowest BCUT2D eigenvalue weighted by molar-refractivity contribution is -0.384. The molecule has 0 N–H and O–H groups in total. The molecule has 0 unspecified atom stereocenters. The molecule has 3 aromatic rings. The molecule has 2 heterocycles. The van der Waals surface area contributed by atoms with Crippen molar-refractivity contribution >= 4 is 39.3 Å². The molecular weight excluding hydrogens is 340 g/mol. The Morgan fingerprint density at radius 2 is 1.88 bits per heavy atom. The van der Waals surface area contributed by atoms with Crippen LogP contribution in [0.4, 0.5) is 11.5 Å². The van der Waals surface area contributed by atoms with Gasteiger partial charge in [0, 0.05) is 45.7 Å². The lowest BCUT2D eigenvalue weighted by Gasteiger charge is -2.15. The third kappa shape index (κ3) is 2.24. The second-order valence-electron chi connectivity index (χ2n) is 6.19. The minimum absolute atomic E-state index is 0.0929. The van der Waals surface area contributed by atoms with Gasteiger partial charge in [0.2, 0.25) is 0 Å². The van der Waals surface area contributed by atoms with Crippen LogP contribution in [0.25, 0.3) is 21.8 Å². The predicted molar refractivity (Wildman–Crippen MR) is 98.0 cm³/mol. The number of hydrogen-bond acceptors (Lipinski definition) is 6. The molecule has 0 amide bonds. The van der Waals surface area contributed by atoms with Gasteiger partial charge in [-0.25, -0.2) is 4.79 Å². The number of rotatable bonds is 3. The first kappa shape index (κ1) is 17.5. The summed E-state index contributed by atoms with van der Waals surface area (Å²) < 4.78 is 7.95. The van der Waals surface area contributed by atoms with E-state index in [1.165, 1.54) is 29.9 Å². The van der Waals surface area contributed by atoms with Crippen LogP contribution in [0.15, 0.2) is 23.0 Å². The monoisotopic (exact) mass is 358 g/mol. The van der Waals surface area contributed by atoms with Crippen molar-refractivity contribution in [1.29, 1.82) is 0 Å². The van der Waals surface area contributed by atoms with Gasteiger partial charge in [0.15, 0.2) is 0 Å². The van der Waals surface area contributed by atoms with Crippen molar-refractivity contribution in [3.63, 3.8) is 0 Å². The van der Waals surface area contributed by atoms with Gasteiger partial charge in [0.25, 0.3) is 11.2 Å². The van der Waals surface area contributed by atoms with Crippen LogP contribution >= 0.6 is 0 Å². The Labute approximate surface area is 148 Å². The summed E-state index contributed by atoms with van der Waals surface area (Å²) >= 11 is 0. The minimum Gasteiger partial charge on any atom is -0.465 e. The molecule has 2 aromatic heterocycles. The Kier molecular flexibility index (Phi) is 3.94. The molecule has 0 aliphatic carbocycles. The van der Waals surface area contributed by atoms with Gasteiger partial charge in [-0.15, -0.1) is 0 Å². The van der Waals surface area contributed by atoms with Crippen LogP contribution in [-0.4, -0.2) is 41.2 Å². The molecular formula is C17H18N4O5. The van der Waals surface area contributed by atoms with Crippen molar-refractivity contribution in [3.05, 3.63) is 44.2 Å². The molecule has 9 heteroatoms. The SMILES string of the molecule is COC(=O)c1c(N(C)C)n(C)c2c1c(=O)n(C)c1ccc([N+](=O)[O-])cc21. The second-order valence-corrected chi connectivity index (χ2v) is 6.19. The second kappa shape index (κ2) is 5.87. The molecule has 0 radical (unpaired) electrons. The van der Waals surface area contributed by atoms with E-state index in [1.54, 1.807) is 37.7 Å². The number of anilines is 1. The molecule has 0 aliphatic heterocycles. The van der Waals surface area contributed by atoms with Crippen LogP contribution in [-0.2, 0) is 18.8 Å². The number of carbonyl (C=O) groups is 1. The largest absolute Gasteiger partial charge is 0.465 e. The Balaban J connectivity index is 2.67. The first-order valence-corrected chi connectivity index (χ1v) is 7.75. The first-order chi connectivity index (χ1) is 12.2. The zero-order valence-corrected chi connectivity index (χ0v) is 15.1. The summed E-state index contributed by atoms with van der Waals surface area (Å²) in [6.07, 6.45) is 0. The molecule has 0 saturated carbocycles. The summed E-state index contributed by atoms with van der Waals surface area (Å²) in [5, 5.41) is 11.9. The fourth-order valence-corrected chi connectivity index (χ4v) is 3.41. The Bertz CT molecular complexity index is 1140. The van der Waals surface area contributed by atoms with Crippen LogP contribution in [0.2, 0.25) is 0 Å². The maximum atomic E-state index is 13.0. The van der Waals surface area contributed by atoms with Crippen molar-refractivity contribution in [2.24, 2.45) is 14.1 Å². The number of carbonyl (C=O) groups excluding carboxylic acids is 1. The molecule has 0 saturated heterocycles. The number of methoxy groups -OCH3 is 1. The highest BCUT2D eigenvalue weighted by Gasteiger charge is 2.28. The number of ether oxygens (including phenoxy) is 1. The van der Waals surface area contributed by atoms with Gasteiger partial charge in [0.1, 0.15) is 11.4 Å². The summed E-state index contributed by atoms with van der Waals surface area (Å²) in [4.78, 5) is 37.8. The molecule has 26 heavy (non-hydrogen) atoms. The molecule has 0 atom stereocenters. The van der Waals surface area contributed by atoms with Gasteiger partial charge < -0.3 is 18.8 Å². The smallest absolute Gasteiger partial charge is 0.342 e. The van der Waals surface area contributed by atoms with Gasteiger partial charge in [-0.2, -0.15) is 0 Å². The average molecular weight is 358 g/mol. The topological polar surface area (TPSA) is 99.6 Å². The van der Waals surface area contributed by atoms with E-state index < -0.39 is 10.9 Å². The van der Waals surface area contributed by atoms with E-state index in [2.05, 4.69) is 0 Å². The Hall–Kier alpha value is -3.36. The number of aryl methyl sites for hydroxylation is 2. The standard InChI is InChI=1S/C17H18N4O5/c1-18(2)15-13(17(23)26-5)12-14(20(15)4)10-8-9(21(24)25)6-7-11(10)19(3)16(12)22/h6-8H,1-5H3. The van der Waals surface area contributed by atoms with E-state index in [4.69, 9.17) is 4.74 Å². The molecule has 0 spiro atoms. The molecule has 1 aromatic carbocycles. The minimum atomic E-state index is -0.638. The summed E-state index contributed by atoms with van der Waals surface area (Å²) in [6.45, 7) is 0. The molecule has 0 aliphatic rings. The highest BCUT2D eigenvalue weighted by atomic mass is 16.6. The number of fused-ring (bicyclic) bond motifs is 3. The van der Waals surface area contributed by atoms with Gasteiger partial charge >= 0.3 is 5.97 Å². The highest BCUT2D eigenvalue weighted by Crippen LogP contribution is 2.35. The normalized spacial score (nSPS) is 11.1. The van der Waals surface area contributed by atoms with E-state index >= 15 is 0 Å². The van der Waals surface area contributed by atoms with Crippen molar-refractivity contribution in [3.8, 4) is 0 Å². The molecule has 9 nitrogen and oxygen atoms in total. The van der Waals surface area contributed by atoms with E-state index in [-0.39, 0.29) is 22.2 Å². The number of pyridine rings is 1. The van der Waals surface area contributed by atoms with Gasteiger partial charge in [-0.05, 0) is 6.07 Å². The number of non-ortho nitro benzene ring substituents is 1. The van der Waals surface area contributed by atoms with Crippen LogP contribution in [0, 0.1) is 10.1 Å². The summed E-state index contributed by atoms with van der Waals surface area (Å²) in [5.41, 5.74) is 0.672. The Morgan fingerprint density at radius 1 is 1.23 bits per heavy atom. The number of nitro benzene ring substituents is 1. The lowest BCUT2D eigenvalue weighted by atomic mass is 10.1. The van der Waals surface area contributed by atoms with Crippen molar-refractivity contribution in [1.82, 2.24) is 9.13 Å². The maximum Gasteiger partial charge on any atom is 0.342 e. The first-order valence-electron chi connectivity index (χ1n) is 7.75. The molecule has 3 rings (SSSR count). The van der Waals surface area contributed by atoms with Crippen LogP contribution in [0.3, 0.4) is 0 Å². The van der Waals surface area contributed by atoms with E-state index in [9.17, 15) is 19.7 Å². The predicted octanol–water partition coefficient (Wildman–Crippen LogP) is 1.79. The van der Waals surface area contributed by atoms with Crippen molar-refractivity contribution < 1.29 is 14.5 Å². The Morgan fingerprint density at radius 3 is 2.42 bits per heavy atom. The summed E-state index contributed by atoms with van der Waals surface area (Å²) in [6, 6.07) is 4.30. The number of benzene rings is 1. The van der Waals surface area contributed by atoms with Gasteiger partial charge in [-0.3, -0.25) is 14.9 Å². The van der Waals surface area contributed by atoms with Crippen molar-refractivity contribution in [2.75, 3.05) is 26.1 Å². The molecule has 0 bridgehead atoms. The number of aromatic nitrogens is 2. The lowest BCUT2D eigenvalue weighted by Crippen LogP contribution is -2.20. The fraction of sp³-hybridized carbons (Fsp3) is 0.294. The highest BCUT2D eigenvalue weighted by molar-refractivity contribution is 6.16. The summed E-state index contributed by atoms with van der Waals surface area (Å²) in [7, 11) is 8.02. The van der Waals surface area contributed by atoms with Gasteiger partial charge in [-0.1, -0.05) is 0 Å². The quantitative estimate of drug-likeness (QED) is 0.402. The zero-order chi connectivity index (χ0) is 19.3. The fourth-order valence-electron chi connectivity index (χ4n) is 3.41. The number of hydrogen-bond donors (Lipinski definition) is 0.